The van der Waals surface area contributed by atoms with E-state index in [9.17, 15) is 5.11 Å². The van der Waals surface area contributed by atoms with Gasteiger partial charge in [-0.05, 0) is 57.4 Å². The van der Waals surface area contributed by atoms with Crippen molar-refractivity contribution in [2.45, 2.75) is 77.4 Å². The zero-order chi connectivity index (χ0) is 11.8. The summed E-state index contributed by atoms with van der Waals surface area (Å²) in [5, 5.41) is 13.1. The molecule has 0 bridgehead atoms. The highest BCUT2D eigenvalue weighted by Gasteiger charge is 2.18. The number of hydrogen-bond donors (Lipinski definition) is 2. The molecule has 1 aliphatic carbocycles. The maximum atomic E-state index is 9.43. The van der Waals surface area contributed by atoms with E-state index < -0.39 is 0 Å². The Kier molecular flexibility index (Phi) is 7.06. The number of hydrogen-bond acceptors (Lipinski definition) is 2. The van der Waals surface area contributed by atoms with Gasteiger partial charge in [-0.2, -0.15) is 0 Å². The number of nitrogens with one attached hydrogen (secondary N) is 1. The van der Waals surface area contributed by atoms with Gasteiger partial charge in [-0.25, -0.2) is 0 Å². The summed E-state index contributed by atoms with van der Waals surface area (Å²) < 4.78 is 0. The summed E-state index contributed by atoms with van der Waals surface area (Å²) in [6.07, 6.45) is 9.76. The van der Waals surface area contributed by atoms with Crippen LogP contribution in [0.25, 0.3) is 0 Å². The second-order valence-corrected chi connectivity index (χ2v) is 5.28. The van der Waals surface area contributed by atoms with Crippen molar-refractivity contribution in [2.24, 2.45) is 5.92 Å². The average Bonchev–Trinajstić information content (AvgIpc) is 2.35. The molecule has 0 aromatic carbocycles. The minimum Gasteiger partial charge on any atom is -0.393 e. The third-order valence-electron chi connectivity index (χ3n) is 4.04. The first kappa shape index (κ1) is 14.0. The molecule has 96 valence electrons. The highest BCUT2D eigenvalue weighted by Crippen LogP contribution is 2.26. The molecule has 16 heavy (non-hydrogen) atoms. The van der Waals surface area contributed by atoms with Gasteiger partial charge in [0, 0.05) is 6.04 Å². The lowest BCUT2D eigenvalue weighted by Gasteiger charge is -2.28. The largest absolute Gasteiger partial charge is 0.393 e. The Bertz CT molecular complexity index is 164. The van der Waals surface area contributed by atoms with Gasteiger partial charge in [-0.3, -0.25) is 0 Å². The van der Waals surface area contributed by atoms with Crippen LogP contribution in [0.3, 0.4) is 0 Å². The van der Waals surface area contributed by atoms with Crippen molar-refractivity contribution in [3.63, 3.8) is 0 Å². The van der Waals surface area contributed by atoms with E-state index in [-0.39, 0.29) is 6.10 Å². The molecule has 1 aliphatic rings. The van der Waals surface area contributed by atoms with Crippen LogP contribution in [0.2, 0.25) is 0 Å². The van der Waals surface area contributed by atoms with Gasteiger partial charge >= 0.3 is 0 Å². The first-order valence-electron chi connectivity index (χ1n) is 7.17. The fourth-order valence-electron chi connectivity index (χ4n) is 2.62. The average molecular weight is 227 g/mol. The Hall–Kier alpha value is -0.0800. The van der Waals surface area contributed by atoms with Crippen molar-refractivity contribution >= 4 is 0 Å². The van der Waals surface area contributed by atoms with E-state index in [1.807, 2.05) is 6.92 Å². The predicted molar refractivity (Wildman–Crippen MR) is 69.6 cm³/mol. The van der Waals surface area contributed by atoms with Crippen LogP contribution in [0.4, 0.5) is 0 Å². The first-order chi connectivity index (χ1) is 7.76. The molecule has 0 aromatic heterocycles. The summed E-state index contributed by atoms with van der Waals surface area (Å²) in [6, 6.07) is 0.751. The zero-order valence-corrected chi connectivity index (χ0v) is 11.0. The maximum Gasteiger partial charge on any atom is 0.0538 e. The topological polar surface area (TPSA) is 32.3 Å². The van der Waals surface area contributed by atoms with Crippen molar-refractivity contribution in [3.05, 3.63) is 0 Å². The quantitative estimate of drug-likeness (QED) is 0.655. The Morgan fingerprint density at radius 2 is 1.88 bits per heavy atom. The Balaban J connectivity index is 1.98. The van der Waals surface area contributed by atoms with Crippen LogP contribution in [-0.2, 0) is 0 Å². The van der Waals surface area contributed by atoms with Crippen molar-refractivity contribution in [2.75, 3.05) is 6.54 Å². The van der Waals surface area contributed by atoms with Crippen molar-refractivity contribution < 1.29 is 5.11 Å². The van der Waals surface area contributed by atoms with Crippen molar-refractivity contribution in [3.8, 4) is 0 Å². The molecule has 2 N–H and O–H groups in total. The van der Waals surface area contributed by atoms with Gasteiger partial charge < -0.3 is 10.4 Å². The standard InChI is InChI=1S/C14H29NO/c1-3-12-7-9-13(10-8-12)15-11-5-6-14(16)4-2/h12-16H,3-11H2,1-2H3. The van der Waals surface area contributed by atoms with E-state index in [2.05, 4.69) is 12.2 Å². The molecule has 0 amide bonds. The first-order valence-corrected chi connectivity index (χ1v) is 7.17. The van der Waals surface area contributed by atoms with Crippen molar-refractivity contribution in [1.82, 2.24) is 5.32 Å². The molecule has 0 radical (unpaired) electrons. The second-order valence-electron chi connectivity index (χ2n) is 5.28. The lowest BCUT2D eigenvalue weighted by Crippen LogP contribution is -2.34. The van der Waals surface area contributed by atoms with E-state index in [4.69, 9.17) is 0 Å². The third kappa shape index (κ3) is 5.31. The van der Waals surface area contributed by atoms with Gasteiger partial charge in [0.1, 0.15) is 0 Å². The summed E-state index contributed by atoms with van der Waals surface area (Å²) in [6.45, 7) is 5.44. The van der Waals surface area contributed by atoms with Gasteiger partial charge in [0.25, 0.3) is 0 Å². The van der Waals surface area contributed by atoms with Crippen molar-refractivity contribution in [1.29, 1.82) is 0 Å². The zero-order valence-electron chi connectivity index (χ0n) is 11.0. The monoisotopic (exact) mass is 227 g/mol. The minimum atomic E-state index is -0.0855. The van der Waals surface area contributed by atoms with Crippen LogP contribution < -0.4 is 5.32 Å². The number of rotatable bonds is 7. The van der Waals surface area contributed by atoms with Crippen LogP contribution in [-0.4, -0.2) is 23.8 Å². The summed E-state index contributed by atoms with van der Waals surface area (Å²) in [5.74, 6) is 0.986. The Morgan fingerprint density at radius 3 is 2.44 bits per heavy atom. The van der Waals surface area contributed by atoms with Gasteiger partial charge in [-0.1, -0.05) is 20.3 Å². The molecule has 1 saturated carbocycles. The molecule has 2 heteroatoms. The van der Waals surface area contributed by atoms with Crippen LogP contribution in [0, 0.1) is 5.92 Å². The van der Waals surface area contributed by atoms with Gasteiger partial charge in [0.15, 0.2) is 0 Å². The van der Waals surface area contributed by atoms with E-state index in [1.54, 1.807) is 0 Å². The van der Waals surface area contributed by atoms with Crippen LogP contribution in [0.1, 0.15) is 65.2 Å². The van der Waals surface area contributed by atoms with Crippen LogP contribution in [0.5, 0.6) is 0 Å². The molecule has 0 heterocycles. The lowest BCUT2D eigenvalue weighted by molar-refractivity contribution is 0.156. The molecule has 0 saturated heterocycles. The minimum absolute atomic E-state index is 0.0855. The molecule has 0 spiro atoms. The molecule has 1 atom stereocenters. The molecule has 1 fully saturated rings. The molecule has 1 rings (SSSR count). The summed E-state index contributed by atoms with van der Waals surface area (Å²) >= 11 is 0. The Labute approximate surface area is 101 Å². The molecule has 0 aliphatic heterocycles. The summed E-state index contributed by atoms with van der Waals surface area (Å²) in [4.78, 5) is 0. The van der Waals surface area contributed by atoms with E-state index in [1.165, 1.54) is 32.1 Å². The molecular weight excluding hydrogens is 198 g/mol. The van der Waals surface area contributed by atoms with E-state index in [0.29, 0.717) is 0 Å². The number of aliphatic hydroxyl groups excluding tert-OH is 1. The van der Waals surface area contributed by atoms with Gasteiger partial charge in [0.05, 0.1) is 6.10 Å². The Morgan fingerprint density at radius 1 is 1.19 bits per heavy atom. The predicted octanol–water partition coefficient (Wildman–Crippen LogP) is 3.10. The molecular formula is C14H29NO. The highest BCUT2D eigenvalue weighted by atomic mass is 16.3. The van der Waals surface area contributed by atoms with Gasteiger partial charge in [-0.15, -0.1) is 0 Å². The lowest BCUT2D eigenvalue weighted by atomic mass is 9.84. The molecule has 1 unspecified atom stereocenters. The van der Waals surface area contributed by atoms with Crippen LogP contribution >= 0.6 is 0 Å². The van der Waals surface area contributed by atoms with Crippen LogP contribution in [0.15, 0.2) is 0 Å². The van der Waals surface area contributed by atoms with E-state index >= 15 is 0 Å². The third-order valence-corrected chi connectivity index (χ3v) is 4.04. The molecule has 0 aromatic rings. The fourth-order valence-corrected chi connectivity index (χ4v) is 2.62. The molecule has 2 nitrogen and oxygen atoms in total. The van der Waals surface area contributed by atoms with Gasteiger partial charge in [0.2, 0.25) is 0 Å². The maximum absolute atomic E-state index is 9.43. The second kappa shape index (κ2) is 8.08. The van der Waals surface area contributed by atoms with E-state index in [0.717, 1.165) is 37.8 Å². The fraction of sp³-hybridized carbons (Fsp3) is 1.00. The normalized spacial score (nSPS) is 27.9. The highest BCUT2D eigenvalue weighted by molar-refractivity contribution is 4.76. The number of aliphatic hydroxyl groups is 1. The summed E-state index contributed by atoms with van der Waals surface area (Å²) in [7, 11) is 0. The SMILES string of the molecule is CCC(O)CCCNC1CCC(CC)CC1. The summed E-state index contributed by atoms with van der Waals surface area (Å²) in [5.41, 5.74) is 0. The smallest absolute Gasteiger partial charge is 0.0538 e.